The molecule has 0 bridgehead atoms. The van der Waals surface area contributed by atoms with Crippen molar-refractivity contribution < 1.29 is 4.79 Å². The van der Waals surface area contributed by atoms with E-state index in [9.17, 15) is 4.79 Å². The van der Waals surface area contributed by atoms with Crippen molar-refractivity contribution in [2.24, 2.45) is 0 Å². The third-order valence-corrected chi connectivity index (χ3v) is 6.98. The first-order valence-corrected chi connectivity index (χ1v) is 11.7. The number of aryl methyl sites for hydroxylation is 3. The number of carbonyl (C=O) groups excluding carboxylic acids is 1. The lowest BCUT2D eigenvalue weighted by molar-refractivity contribution is -0.114. The summed E-state index contributed by atoms with van der Waals surface area (Å²) < 4.78 is 2.89. The smallest absolute Gasteiger partial charge is 0.252 e. The van der Waals surface area contributed by atoms with Crippen molar-refractivity contribution in [2.45, 2.75) is 27.3 Å². The van der Waals surface area contributed by atoms with E-state index in [0.29, 0.717) is 28.3 Å². The lowest BCUT2D eigenvalue weighted by atomic mass is 10.2. The second kappa shape index (κ2) is 9.45. The van der Waals surface area contributed by atoms with Gasteiger partial charge in [0, 0.05) is 28.4 Å². The molecule has 164 valence electrons. The predicted octanol–water partition coefficient (Wildman–Crippen LogP) is 6.47. The first-order valence-electron chi connectivity index (χ1n) is 10.1. The molecule has 0 saturated heterocycles. The highest BCUT2D eigenvalue weighted by atomic mass is 35.5. The van der Waals surface area contributed by atoms with Crippen molar-refractivity contribution in [3.8, 4) is 0 Å². The summed E-state index contributed by atoms with van der Waals surface area (Å²) in [7, 11) is 0. The Morgan fingerprint density at radius 1 is 1.12 bits per heavy atom. The van der Waals surface area contributed by atoms with Crippen molar-refractivity contribution in [3.63, 3.8) is 0 Å². The number of hydrogen-bond donors (Lipinski definition) is 0. The molecule has 4 aromatic rings. The molecule has 2 aromatic heterocycles. The molecule has 1 amide bonds. The molecular formula is C24H22Cl2N4OS. The first kappa shape index (κ1) is 22.5. The number of thiazole rings is 1. The summed E-state index contributed by atoms with van der Waals surface area (Å²) in [6.07, 6.45) is 3.27. The highest BCUT2D eigenvalue weighted by Gasteiger charge is 2.20. The summed E-state index contributed by atoms with van der Waals surface area (Å²) in [6, 6.07) is 13.2. The molecule has 0 unspecified atom stereocenters. The number of anilines is 1. The minimum Gasteiger partial charge on any atom is -0.283 e. The van der Waals surface area contributed by atoms with Gasteiger partial charge in [0.1, 0.15) is 0 Å². The zero-order valence-corrected chi connectivity index (χ0v) is 20.3. The van der Waals surface area contributed by atoms with Gasteiger partial charge in [0.25, 0.3) is 5.91 Å². The Kier molecular flexibility index (Phi) is 6.65. The first-order chi connectivity index (χ1) is 15.3. The van der Waals surface area contributed by atoms with Crippen LogP contribution in [-0.2, 0) is 11.3 Å². The Morgan fingerprint density at radius 2 is 1.91 bits per heavy atom. The molecule has 0 radical (unpaired) electrons. The van der Waals surface area contributed by atoms with Gasteiger partial charge in [-0.1, -0.05) is 52.7 Å². The molecule has 32 heavy (non-hydrogen) atoms. The third kappa shape index (κ3) is 4.72. The highest BCUT2D eigenvalue weighted by molar-refractivity contribution is 7.22. The minimum atomic E-state index is -0.172. The number of fused-ring (bicyclic) bond motifs is 1. The highest BCUT2D eigenvalue weighted by Crippen LogP contribution is 2.33. The van der Waals surface area contributed by atoms with E-state index in [1.807, 2.05) is 61.9 Å². The molecule has 0 aliphatic rings. The van der Waals surface area contributed by atoms with E-state index in [4.69, 9.17) is 28.2 Å². The number of rotatable bonds is 6. The summed E-state index contributed by atoms with van der Waals surface area (Å²) in [5.74, 6) is -0.172. The van der Waals surface area contributed by atoms with Crippen LogP contribution in [0.25, 0.3) is 16.3 Å². The molecule has 0 spiro atoms. The molecule has 0 atom stereocenters. The Hall–Kier alpha value is -2.67. The fourth-order valence-electron chi connectivity index (χ4n) is 3.46. The fourth-order valence-corrected chi connectivity index (χ4v) is 4.87. The van der Waals surface area contributed by atoms with E-state index in [-0.39, 0.29) is 5.91 Å². The van der Waals surface area contributed by atoms with Gasteiger partial charge >= 0.3 is 0 Å². The largest absolute Gasteiger partial charge is 0.283 e. The number of carbonyl (C=O) groups is 1. The SMILES string of the molecule is Cc1cc(C)n(CCN(C(=O)C=Cc2ccccc2Cl)c2nc3c(C)c(Cl)ccc3s2)n1. The van der Waals surface area contributed by atoms with Crippen LogP contribution in [0.15, 0.2) is 48.5 Å². The lowest BCUT2D eigenvalue weighted by Crippen LogP contribution is -2.33. The second-order valence-corrected chi connectivity index (χ2v) is 9.33. The van der Waals surface area contributed by atoms with Gasteiger partial charge in [-0.3, -0.25) is 14.4 Å². The maximum atomic E-state index is 13.3. The average Bonchev–Trinajstić information content (AvgIpc) is 3.33. The van der Waals surface area contributed by atoms with Gasteiger partial charge in [0.05, 0.1) is 22.5 Å². The molecule has 2 aromatic carbocycles. The van der Waals surface area contributed by atoms with Crippen LogP contribution in [0, 0.1) is 20.8 Å². The van der Waals surface area contributed by atoms with Crippen LogP contribution < -0.4 is 4.90 Å². The number of nitrogens with zero attached hydrogens (tertiary/aromatic N) is 4. The Labute approximate surface area is 200 Å². The van der Waals surface area contributed by atoms with Crippen LogP contribution in [-0.4, -0.2) is 27.2 Å². The molecule has 4 rings (SSSR count). The Morgan fingerprint density at radius 3 is 2.62 bits per heavy atom. The lowest BCUT2D eigenvalue weighted by Gasteiger charge is -2.18. The molecule has 0 fully saturated rings. The van der Waals surface area contributed by atoms with Gasteiger partial charge in [0.2, 0.25) is 0 Å². The Balaban J connectivity index is 1.67. The number of halogens is 2. The van der Waals surface area contributed by atoms with E-state index in [0.717, 1.165) is 32.7 Å². The molecule has 5 nitrogen and oxygen atoms in total. The van der Waals surface area contributed by atoms with Crippen molar-refractivity contribution in [2.75, 3.05) is 11.4 Å². The molecule has 0 saturated carbocycles. The number of hydrogen-bond acceptors (Lipinski definition) is 4. The fraction of sp³-hybridized carbons (Fsp3) is 0.208. The molecule has 0 aliphatic heterocycles. The number of aromatic nitrogens is 3. The monoisotopic (exact) mass is 484 g/mol. The number of benzene rings is 2. The van der Waals surface area contributed by atoms with E-state index in [1.54, 1.807) is 17.0 Å². The van der Waals surface area contributed by atoms with Gasteiger partial charge in [-0.2, -0.15) is 5.10 Å². The van der Waals surface area contributed by atoms with E-state index in [1.165, 1.54) is 17.4 Å². The average molecular weight is 485 g/mol. The van der Waals surface area contributed by atoms with Gasteiger partial charge in [-0.25, -0.2) is 4.98 Å². The van der Waals surface area contributed by atoms with Gasteiger partial charge in [-0.05, 0) is 62.2 Å². The zero-order chi connectivity index (χ0) is 22.8. The topological polar surface area (TPSA) is 51.0 Å². The maximum Gasteiger partial charge on any atom is 0.252 e. The van der Waals surface area contributed by atoms with Crippen molar-refractivity contribution in [1.29, 1.82) is 0 Å². The maximum absolute atomic E-state index is 13.3. The van der Waals surface area contributed by atoms with Gasteiger partial charge < -0.3 is 0 Å². The quantitative estimate of drug-likeness (QED) is 0.294. The molecular weight excluding hydrogens is 463 g/mol. The van der Waals surface area contributed by atoms with Gasteiger partial charge in [0.15, 0.2) is 5.13 Å². The second-order valence-electron chi connectivity index (χ2n) is 7.51. The van der Waals surface area contributed by atoms with Crippen LogP contribution in [0.2, 0.25) is 10.0 Å². The summed E-state index contributed by atoms with van der Waals surface area (Å²) >= 11 is 14.0. The normalized spacial score (nSPS) is 11.5. The summed E-state index contributed by atoms with van der Waals surface area (Å²) in [5.41, 5.74) is 4.51. The van der Waals surface area contributed by atoms with Gasteiger partial charge in [-0.15, -0.1) is 0 Å². The molecule has 8 heteroatoms. The van der Waals surface area contributed by atoms with Crippen LogP contribution in [0.1, 0.15) is 22.5 Å². The van der Waals surface area contributed by atoms with E-state index >= 15 is 0 Å². The van der Waals surface area contributed by atoms with Crippen molar-refractivity contribution in [3.05, 3.63) is 81.1 Å². The summed E-state index contributed by atoms with van der Waals surface area (Å²) in [5, 5.41) is 6.40. The third-order valence-electron chi connectivity index (χ3n) is 5.18. The predicted molar refractivity (Wildman–Crippen MR) is 134 cm³/mol. The van der Waals surface area contributed by atoms with Crippen LogP contribution in [0.4, 0.5) is 5.13 Å². The van der Waals surface area contributed by atoms with Crippen LogP contribution in [0.3, 0.4) is 0 Å². The van der Waals surface area contributed by atoms with E-state index in [2.05, 4.69) is 5.10 Å². The summed E-state index contributed by atoms with van der Waals surface area (Å²) in [4.78, 5) is 19.7. The summed E-state index contributed by atoms with van der Waals surface area (Å²) in [6.45, 7) is 6.89. The standard InChI is InChI=1S/C24H22Cl2N4OS/c1-15-14-16(2)30(28-15)13-12-29(22(31)11-8-18-6-4-5-7-20(18)26)24-27-23-17(3)19(25)9-10-21(23)32-24/h4-11,14H,12-13H2,1-3H3. The Bertz CT molecular complexity index is 1330. The molecule has 0 N–H and O–H groups in total. The van der Waals surface area contributed by atoms with E-state index < -0.39 is 0 Å². The zero-order valence-electron chi connectivity index (χ0n) is 18.0. The van der Waals surface area contributed by atoms with Crippen LogP contribution in [0.5, 0.6) is 0 Å². The minimum absolute atomic E-state index is 0.172. The molecule has 0 aliphatic carbocycles. The van der Waals surface area contributed by atoms with Crippen molar-refractivity contribution in [1.82, 2.24) is 14.8 Å². The molecule has 2 heterocycles. The van der Waals surface area contributed by atoms with Crippen molar-refractivity contribution >= 4 is 61.9 Å². The van der Waals surface area contributed by atoms with Crippen LogP contribution >= 0.6 is 34.5 Å². The number of amides is 1.